The largest absolute Gasteiger partial charge is 0.489 e. The maximum Gasteiger partial charge on any atom is 0.122 e. The molecule has 2 rings (SSSR count). The number of thioether (sulfide) groups is 1. The summed E-state index contributed by atoms with van der Waals surface area (Å²) in [4.78, 5) is 0. The van der Waals surface area contributed by atoms with Crippen molar-refractivity contribution >= 4 is 23.4 Å². The normalized spacial score (nSPS) is 20.9. The van der Waals surface area contributed by atoms with Crippen molar-refractivity contribution in [2.75, 3.05) is 25.1 Å². The van der Waals surface area contributed by atoms with Crippen LogP contribution in [0, 0.1) is 12.8 Å². The second-order valence-corrected chi connectivity index (χ2v) is 6.12. The van der Waals surface area contributed by atoms with Crippen molar-refractivity contribution < 1.29 is 4.74 Å². The van der Waals surface area contributed by atoms with Crippen LogP contribution in [0.4, 0.5) is 0 Å². The van der Waals surface area contributed by atoms with Crippen molar-refractivity contribution in [1.29, 1.82) is 0 Å². The Kier molecular flexibility index (Phi) is 5.22. The molecule has 0 bridgehead atoms. The maximum absolute atomic E-state index is 6.21. The maximum atomic E-state index is 6.21. The van der Waals surface area contributed by atoms with Crippen LogP contribution in [0.15, 0.2) is 18.2 Å². The number of aryl methyl sites for hydroxylation is 1. The Balaban J connectivity index is 2.07. The molecule has 0 unspecified atom stereocenters. The molecule has 0 spiro atoms. The summed E-state index contributed by atoms with van der Waals surface area (Å²) in [6, 6.07) is 5.83. The van der Waals surface area contributed by atoms with Gasteiger partial charge in [0.15, 0.2) is 0 Å². The van der Waals surface area contributed by atoms with E-state index in [1.54, 1.807) is 0 Å². The Morgan fingerprint density at radius 1 is 1.56 bits per heavy atom. The number of halogens is 1. The van der Waals surface area contributed by atoms with Crippen LogP contribution in [0.3, 0.4) is 0 Å². The molecule has 2 nitrogen and oxygen atoms in total. The topological polar surface area (TPSA) is 21.3 Å². The lowest BCUT2D eigenvalue weighted by molar-refractivity contribution is 0.164. The fraction of sp³-hybridized carbons (Fsp3) is 0.571. The zero-order valence-electron chi connectivity index (χ0n) is 10.9. The van der Waals surface area contributed by atoms with Gasteiger partial charge in [0.25, 0.3) is 0 Å². The van der Waals surface area contributed by atoms with Crippen molar-refractivity contribution in [2.45, 2.75) is 19.4 Å². The van der Waals surface area contributed by atoms with Gasteiger partial charge in [0.2, 0.25) is 0 Å². The molecule has 0 aliphatic carbocycles. The van der Waals surface area contributed by atoms with Gasteiger partial charge in [-0.1, -0.05) is 11.6 Å². The van der Waals surface area contributed by atoms with E-state index in [0.29, 0.717) is 5.92 Å². The average Bonchev–Trinajstić information content (AvgIpc) is 2.85. The average molecular weight is 286 g/mol. The first-order valence-corrected chi connectivity index (χ1v) is 8.10. The van der Waals surface area contributed by atoms with Crippen LogP contribution < -0.4 is 10.1 Å². The van der Waals surface area contributed by atoms with Gasteiger partial charge in [0.1, 0.15) is 11.9 Å². The third-order valence-electron chi connectivity index (χ3n) is 3.37. The Labute approximate surface area is 118 Å². The quantitative estimate of drug-likeness (QED) is 0.896. The van der Waals surface area contributed by atoms with E-state index in [2.05, 4.69) is 11.6 Å². The molecule has 1 saturated heterocycles. The highest BCUT2D eigenvalue weighted by atomic mass is 35.5. The van der Waals surface area contributed by atoms with Crippen molar-refractivity contribution in [3.8, 4) is 5.75 Å². The van der Waals surface area contributed by atoms with Gasteiger partial charge in [-0.25, -0.2) is 0 Å². The van der Waals surface area contributed by atoms with E-state index in [1.807, 2.05) is 36.9 Å². The Hall–Kier alpha value is -0.380. The molecule has 1 aliphatic rings. The van der Waals surface area contributed by atoms with Gasteiger partial charge in [0, 0.05) is 23.2 Å². The molecule has 0 saturated carbocycles. The number of nitrogens with one attached hydrogen (secondary N) is 1. The second-order valence-electron chi connectivity index (χ2n) is 4.77. The SMILES string of the molecule is CSC[C@H](Oc1ccc(Cl)cc1C)[C@H]1CCNC1. The first-order valence-electron chi connectivity index (χ1n) is 6.33. The highest BCUT2D eigenvalue weighted by molar-refractivity contribution is 7.98. The van der Waals surface area contributed by atoms with E-state index >= 15 is 0 Å². The Bertz CT molecular complexity index is 393. The first kappa shape index (κ1) is 14.0. The Morgan fingerprint density at radius 2 is 2.39 bits per heavy atom. The van der Waals surface area contributed by atoms with Crippen molar-refractivity contribution in [2.24, 2.45) is 5.92 Å². The molecule has 0 aromatic heterocycles. The minimum Gasteiger partial charge on any atom is -0.489 e. The van der Waals surface area contributed by atoms with Crippen LogP contribution in [0.2, 0.25) is 5.02 Å². The van der Waals surface area contributed by atoms with Gasteiger partial charge in [-0.3, -0.25) is 0 Å². The van der Waals surface area contributed by atoms with Crippen LogP contribution in [-0.2, 0) is 0 Å². The minimum absolute atomic E-state index is 0.287. The van der Waals surface area contributed by atoms with E-state index in [1.165, 1.54) is 6.42 Å². The third-order valence-corrected chi connectivity index (χ3v) is 4.27. The van der Waals surface area contributed by atoms with E-state index in [4.69, 9.17) is 16.3 Å². The van der Waals surface area contributed by atoms with Gasteiger partial charge in [0.05, 0.1) is 0 Å². The molecular weight excluding hydrogens is 266 g/mol. The molecule has 0 radical (unpaired) electrons. The molecule has 1 aromatic rings. The number of ether oxygens (including phenoxy) is 1. The zero-order valence-corrected chi connectivity index (χ0v) is 12.5. The lowest BCUT2D eigenvalue weighted by atomic mass is 10.0. The van der Waals surface area contributed by atoms with E-state index < -0.39 is 0 Å². The first-order chi connectivity index (χ1) is 8.70. The highest BCUT2D eigenvalue weighted by Crippen LogP contribution is 2.27. The third kappa shape index (κ3) is 3.56. The summed E-state index contributed by atoms with van der Waals surface area (Å²) in [6.07, 6.45) is 3.63. The standard InChI is InChI=1S/C14H20ClNOS/c1-10-7-12(15)3-4-13(10)17-14(9-18-2)11-5-6-16-8-11/h3-4,7,11,14,16H,5-6,8-9H2,1-2H3/t11-,14-/m0/s1. The molecule has 1 heterocycles. The predicted molar refractivity (Wildman–Crippen MR) is 80.0 cm³/mol. The second kappa shape index (κ2) is 6.69. The number of hydrogen-bond acceptors (Lipinski definition) is 3. The predicted octanol–water partition coefficient (Wildman–Crippen LogP) is 3.37. The molecule has 2 atom stereocenters. The van der Waals surface area contributed by atoms with Crippen molar-refractivity contribution in [3.63, 3.8) is 0 Å². The van der Waals surface area contributed by atoms with Gasteiger partial charge in [-0.15, -0.1) is 0 Å². The monoisotopic (exact) mass is 285 g/mol. The lowest BCUT2D eigenvalue weighted by Crippen LogP contribution is -2.31. The molecule has 1 N–H and O–H groups in total. The summed E-state index contributed by atoms with van der Waals surface area (Å²) in [7, 11) is 0. The molecule has 1 aromatic carbocycles. The molecule has 18 heavy (non-hydrogen) atoms. The fourth-order valence-electron chi connectivity index (χ4n) is 2.33. The van der Waals surface area contributed by atoms with E-state index in [0.717, 1.165) is 35.2 Å². The van der Waals surface area contributed by atoms with Crippen LogP contribution in [-0.4, -0.2) is 31.2 Å². The number of hydrogen-bond donors (Lipinski definition) is 1. The molecule has 1 fully saturated rings. The van der Waals surface area contributed by atoms with Crippen LogP contribution >= 0.6 is 23.4 Å². The Morgan fingerprint density at radius 3 is 3.00 bits per heavy atom. The number of rotatable bonds is 5. The summed E-state index contributed by atoms with van der Waals surface area (Å²) >= 11 is 7.82. The van der Waals surface area contributed by atoms with Crippen molar-refractivity contribution in [3.05, 3.63) is 28.8 Å². The molecule has 100 valence electrons. The molecule has 4 heteroatoms. The summed E-state index contributed by atoms with van der Waals surface area (Å²) in [5.74, 6) is 2.62. The minimum atomic E-state index is 0.287. The summed E-state index contributed by atoms with van der Waals surface area (Å²) in [5, 5.41) is 4.18. The zero-order chi connectivity index (χ0) is 13.0. The molecular formula is C14H20ClNOS. The lowest BCUT2D eigenvalue weighted by Gasteiger charge is -2.24. The van der Waals surface area contributed by atoms with Crippen LogP contribution in [0.25, 0.3) is 0 Å². The van der Waals surface area contributed by atoms with E-state index in [-0.39, 0.29) is 6.10 Å². The number of benzene rings is 1. The summed E-state index contributed by atoms with van der Waals surface area (Å²) in [5.41, 5.74) is 1.11. The van der Waals surface area contributed by atoms with Gasteiger partial charge in [-0.2, -0.15) is 11.8 Å². The van der Waals surface area contributed by atoms with Gasteiger partial charge < -0.3 is 10.1 Å². The smallest absolute Gasteiger partial charge is 0.122 e. The summed E-state index contributed by atoms with van der Waals surface area (Å²) in [6.45, 7) is 4.22. The molecule has 1 aliphatic heterocycles. The van der Waals surface area contributed by atoms with Crippen LogP contribution in [0.5, 0.6) is 5.75 Å². The summed E-state index contributed by atoms with van der Waals surface area (Å²) < 4.78 is 6.21. The fourth-order valence-corrected chi connectivity index (χ4v) is 3.23. The van der Waals surface area contributed by atoms with E-state index in [9.17, 15) is 0 Å². The van der Waals surface area contributed by atoms with Crippen LogP contribution in [0.1, 0.15) is 12.0 Å². The van der Waals surface area contributed by atoms with Crippen molar-refractivity contribution in [1.82, 2.24) is 5.32 Å². The van der Waals surface area contributed by atoms with Gasteiger partial charge in [-0.05, 0) is 49.9 Å². The molecule has 0 amide bonds. The highest BCUT2D eigenvalue weighted by Gasteiger charge is 2.26. The van der Waals surface area contributed by atoms with Gasteiger partial charge >= 0.3 is 0 Å².